The fourth-order valence-electron chi connectivity index (χ4n) is 5.67. The summed E-state index contributed by atoms with van der Waals surface area (Å²) in [5, 5.41) is 13.8. The van der Waals surface area contributed by atoms with Crippen LogP contribution < -0.4 is 5.32 Å². The Morgan fingerprint density at radius 3 is 2.70 bits per heavy atom. The Morgan fingerprint density at radius 2 is 2.07 bits per heavy atom. The van der Waals surface area contributed by atoms with Gasteiger partial charge in [0.25, 0.3) is 0 Å². The standard InChI is InChI=1S/C20H22N2O3.H2O4S/c1-3-11-10-22-8-7-20-13-5-4-6-14(23)17(13)21-18(20)16(19(24)25-2)12(11)9-15(20)22;1-5(2,3)4/h3-6,12,15,21,23H,7-10H2,1-2H3;(H2,1,2,3,4)/t12-,15-,20+;/m0./s1. The van der Waals surface area contributed by atoms with E-state index in [4.69, 9.17) is 22.3 Å². The van der Waals surface area contributed by atoms with Crippen LogP contribution in [0.5, 0.6) is 5.75 Å². The Hall–Kier alpha value is -2.40. The molecule has 1 aromatic carbocycles. The zero-order chi connectivity index (χ0) is 21.8. The molecule has 3 atom stereocenters. The van der Waals surface area contributed by atoms with Gasteiger partial charge in [-0.3, -0.25) is 14.0 Å². The molecule has 0 unspecified atom stereocenters. The van der Waals surface area contributed by atoms with E-state index in [-0.39, 0.29) is 23.1 Å². The number of nitrogens with one attached hydrogen (secondary N) is 1. The first-order chi connectivity index (χ1) is 14.1. The summed E-state index contributed by atoms with van der Waals surface area (Å²) in [6.45, 7) is 3.97. The van der Waals surface area contributed by atoms with Gasteiger partial charge in [0, 0.05) is 30.7 Å². The van der Waals surface area contributed by atoms with E-state index in [1.165, 1.54) is 12.7 Å². The van der Waals surface area contributed by atoms with Gasteiger partial charge in [-0.25, -0.2) is 4.79 Å². The predicted molar refractivity (Wildman–Crippen MR) is 108 cm³/mol. The van der Waals surface area contributed by atoms with Crippen molar-refractivity contribution in [1.82, 2.24) is 4.90 Å². The molecule has 30 heavy (non-hydrogen) atoms. The Labute approximate surface area is 174 Å². The van der Waals surface area contributed by atoms with E-state index >= 15 is 0 Å². The van der Waals surface area contributed by atoms with Gasteiger partial charge in [0.1, 0.15) is 5.75 Å². The van der Waals surface area contributed by atoms with Crippen molar-refractivity contribution in [2.45, 2.75) is 31.2 Å². The van der Waals surface area contributed by atoms with Crippen LogP contribution in [0.25, 0.3) is 0 Å². The summed E-state index contributed by atoms with van der Waals surface area (Å²) in [4.78, 5) is 15.3. The fourth-order valence-corrected chi connectivity index (χ4v) is 5.67. The van der Waals surface area contributed by atoms with Crippen LogP contribution >= 0.6 is 0 Å². The van der Waals surface area contributed by atoms with Crippen LogP contribution in [0.1, 0.15) is 25.3 Å². The number of esters is 1. The van der Waals surface area contributed by atoms with E-state index in [0.717, 1.165) is 48.5 Å². The summed E-state index contributed by atoms with van der Waals surface area (Å²) < 4.78 is 36.8. The van der Waals surface area contributed by atoms with Gasteiger partial charge in [0.2, 0.25) is 0 Å². The molecular formula is C20H24N2O7S. The highest BCUT2D eigenvalue weighted by Crippen LogP contribution is 2.62. The molecule has 3 aliphatic heterocycles. The molecule has 2 fully saturated rings. The first kappa shape index (κ1) is 20.9. The lowest BCUT2D eigenvalue weighted by Crippen LogP contribution is -2.53. The minimum Gasteiger partial charge on any atom is -0.506 e. The van der Waals surface area contributed by atoms with Crippen molar-refractivity contribution in [3.8, 4) is 5.75 Å². The van der Waals surface area contributed by atoms with E-state index in [2.05, 4.69) is 29.3 Å². The Kier molecular flexibility index (Phi) is 4.93. The third-order valence-electron chi connectivity index (χ3n) is 6.71. The van der Waals surface area contributed by atoms with Crippen molar-refractivity contribution < 1.29 is 32.2 Å². The van der Waals surface area contributed by atoms with Gasteiger partial charge in [-0.05, 0) is 31.4 Å². The smallest absolute Gasteiger partial charge is 0.394 e. The van der Waals surface area contributed by atoms with Crippen molar-refractivity contribution in [1.29, 1.82) is 0 Å². The number of ether oxygens (including phenoxy) is 1. The number of methoxy groups -OCH3 is 1. The van der Waals surface area contributed by atoms with Gasteiger partial charge >= 0.3 is 16.4 Å². The van der Waals surface area contributed by atoms with Gasteiger partial charge in [0.15, 0.2) is 0 Å². The maximum atomic E-state index is 12.8. The first-order valence-electron chi connectivity index (χ1n) is 9.63. The lowest BCUT2D eigenvalue weighted by Gasteiger charge is -2.48. The number of carbonyl (C=O) groups excluding carboxylic acids is 1. The highest BCUT2D eigenvalue weighted by Gasteiger charge is 2.62. The van der Waals surface area contributed by atoms with Gasteiger partial charge in [0.05, 0.1) is 23.8 Å². The lowest BCUT2D eigenvalue weighted by molar-refractivity contribution is -0.137. The monoisotopic (exact) mass is 436 g/mol. The summed E-state index contributed by atoms with van der Waals surface area (Å²) in [7, 11) is -3.21. The molecule has 0 amide bonds. The molecule has 2 bridgehead atoms. The molecule has 10 heteroatoms. The molecule has 4 N–H and O–H groups in total. The highest BCUT2D eigenvalue weighted by atomic mass is 32.3. The second-order valence-corrected chi connectivity index (χ2v) is 8.81. The lowest BCUT2D eigenvalue weighted by atomic mass is 9.62. The molecule has 2 saturated heterocycles. The number of fused-ring (bicyclic) bond motifs is 2. The van der Waals surface area contributed by atoms with E-state index in [1.807, 2.05) is 6.07 Å². The molecule has 0 radical (unpaired) electrons. The summed E-state index contributed by atoms with van der Waals surface area (Å²) >= 11 is 0. The molecule has 0 saturated carbocycles. The van der Waals surface area contributed by atoms with Crippen LogP contribution in [0.15, 0.2) is 41.1 Å². The number of rotatable bonds is 1. The Bertz CT molecular complexity index is 1070. The molecule has 9 nitrogen and oxygen atoms in total. The molecule has 1 spiro atoms. The van der Waals surface area contributed by atoms with Gasteiger partial charge in [-0.15, -0.1) is 0 Å². The van der Waals surface area contributed by atoms with Crippen molar-refractivity contribution in [3.05, 3.63) is 46.7 Å². The number of phenols is 1. The van der Waals surface area contributed by atoms with E-state index in [9.17, 15) is 9.90 Å². The summed E-state index contributed by atoms with van der Waals surface area (Å²) in [6.07, 6.45) is 4.04. The number of anilines is 1. The highest BCUT2D eigenvalue weighted by molar-refractivity contribution is 7.79. The average molecular weight is 436 g/mol. The van der Waals surface area contributed by atoms with Crippen LogP contribution in [-0.4, -0.2) is 59.7 Å². The number of aromatic hydroxyl groups is 1. The van der Waals surface area contributed by atoms with Gasteiger partial charge in [-0.1, -0.05) is 23.8 Å². The number of phenolic OH excluding ortho intramolecular Hbond substituents is 1. The summed E-state index contributed by atoms with van der Waals surface area (Å²) in [5.41, 5.74) is 4.66. The first-order valence-corrected chi connectivity index (χ1v) is 11.0. The Balaban J connectivity index is 0.000000393. The van der Waals surface area contributed by atoms with Crippen molar-refractivity contribution in [3.63, 3.8) is 0 Å². The molecular weight excluding hydrogens is 412 g/mol. The minimum absolute atomic E-state index is 0.101. The van der Waals surface area contributed by atoms with Gasteiger partial charge in [-0.2, -0.15) is 8.42 Å². The second-order valence-electron chi connectivity index (χ2n) is 7.91. The molecule has 162 valence electrons. The van der Waals surface area contributed by atoms with Crippen LogP contribution in [-0.2, 0) is 25.3 Å². The van der Waals surface area contributed by atoms with E-state index < -0.39 is 10.4 Å². The maximum Gasteiger partial charge on any atom is 0.394 e. The zero-order valence-corrected chi connectivity index (χ0v) is 17.4. The number of hydrogen-bond acceptors (Lipinski definition) is 7. The number of para-hydroxylation sites is 1. The third kappa shape index (κ3) is 3.02. The van der Waals surface area contributed by atoms with Crippen LogP contribution in [0.3, 0.4) is 0 Å². The summed E-state index contributed by atoms with van der Waals surface area (Å²) in [5.74, 6) is 0.0958. The average Bonchev–Trinajstić information content (AvgIpc) is 3.23. The topological polar surface area (TPSA) is 136 Å². The van der Waals surface area contributed by atoms with E-state index in [1.54, 1.807) is 6.07 Å². The number of carbonyl (C=O) groups is 1. The number of hydrogen-bond donors (Lipinski definition) is 4. The van der Waals surface area contributed by atoms with Crippen molar-refractivity contribution in [2.24, 2.45) is 5.92 Å². The molecule has 4 aliphatic rings. The number of benzene rings is 1. The maximum absolute atomic E-state index is 12.8. The Morgan fingerprint density at radius 1 is 1.37 bits per heavy atom. The minimum atomic E-state index is -4.67. The third-order valence-corrected chi connectivity index (χ3v) is 6.71. The molecule has 1 aliphatic carbocycles. The number of nitrogens with zero attached hydrogens (tertiary/aromatic N) is 1. The van der Waals surface area contributed by atoms with Crippen LogP contribution in [0.2, 0.25) is 0 Å². The van der Waals surface area contributed by atoms with Crippen LogP contribution in [0, 0.1) is 5.92 Å². The van der Waals surface area contributed by atoms with E-state index in [0.29, 0.717) is 6.04 Å². The zero-order valence-electron chi connectivity index (χ0n) is 16.6. The molecule has 5 rings (SSSR count). The molecule has 1 aromatic rings. The van der Waals surface area contributed by atoms with Crippen molar-refractivity contribution >= 4 is 22.1 Å². The predicted octanol–water partition coefficient (Wildman–Crippen LogP) is 1.88. The number of allylic oxidation sites excluding steroid dienone is 1. The second kappa shape index (κ2) is 7.09. The normalized spacial score (nSPS) is 30.2. The molecule has 0 aromatic heterocycles. The summed E-state index contributed by atoms with van der Waals surface area (Å²) in [6, 6.07) is 6.06. The van der Waals surface area contributed by atoms with Gasteiger partial charge < -0.3 is 15.2 Å². The fraction of sp³-hybridized carbons (Fsp3) is 0.450. The van der Waals surface area contributed by atoms with Crippen molar-refractivity contribution in [2.75, 3.05) is 25.5 Å². The SMILES string of the molecule is CC=C1CN2CC[C@]34C(=C(C(=O)OC)[C@H]1C[C@H]23)Nc1c(O)cccc14.O=S(=O)(O)O. The largest absolute Gasteiger partial charge is 0.506 e. The quantitative estimate of drug-likeness (QED) is 0.225. The van der Waals surface area contributed by atoms with Crippen LogP contribution in [0.4, 0.5) is 5.69 Å². The number of piperidine rings is 1. The molecule has 3 heterocycles.